The standard InChI is InChI=1S/C15H27BN2O4/c1-13(2)14(3,4)22-16(21-13)11(7-17)8-18-9-12-10-19-15(5,6)20-12/h7-8,12H,9-10,17H2,1-6H3. The van der Waals surface area contributed by atoms with Gasteiger partial charge in [-0.25, -0.2) is 0 Å². The van der Waals surface area contributed by atoms with E-state index in [0.717, 1.165) is 0 Å². The number of aliphatic imine (C=N–C) groups is 1. The molecule has 2 N–H and O–H groups in total. The van der Waals surface area contributed by atoms with Crippen LogP contribution in [0.4, 0.5) is 0 Å². The Bertz CT molecular complexity index is 458. The van der Waals surface area contributed by atoms with E-state index in [1.807, 2.05) is 41.5 Å². The summed E-state index contributed by atoms with van der Waals surface area (Å²) in [4.78, 5) is 4.39. The molecule has 0 amide bonds. The lowest BCUT2D eigenvalue weighted by atomic mass is 9.79. The van der Waals surface area contributed by atoms with Crippen molar-refractivity contribution in [3.05, 3.63) is 11.7 Å². The summed E-state index contributed by atoms with van der Waals surface area (Å²) in [5.74, 6) is -0.529. The lowest BCUT2D eigenvalue weighted by molar-refractivity contribution is -0.137. The Morgan fingerprint density at radius 2 is 1.77 bits per heavy atom. The van der Waals surface area contributed by atoms with Crippen molar-refractivity contribution in [2.75, 3.05) is 13.2 Å². The zero-order valence-electron chi connectivity index (χ0n) is 14.4. The summed E-state index contributed by atoms with van der Waals surface area (Å²) in [6.45, 7) is 12.9. The minimum atomic E-state index is -0.529. The van der Waals surface area contributed by atoms with Crippen LogP contribution in [0.1, 0.15) is 41.5 Å². The van der Waals surface area contributed by atoms with Crippen molar-refractivity contribution in [2.24, 2.45) is 10.7 Å². The molecule has 22 heavy (non-hydrogen) atoms. The van der Waals surface area contributed by atoms with Crippen LogP contribution in [0.15, 0.2) is 16.7 Å². The van der Waals surface area contributed by atoms with E-state index in [4.69, 9.17) is 24.5 Å². The summed E-state index contributed by atoms with van der Waals surface area (Å²) < 4.78 is 23.1. The number of nitrogens with zero attached hydrogens (tertiary/aromatic N) is 1. The molecule has 2 heterocycles. The molecule has 0 saturated carbocycles. The van der Waals surface area contributed by atoms with Crippen molar-refractivity contribution < 1.29 is 18.8 Å². The molecule has 0 spiro atoms. The Balaban J connectivity index is 1.93. The molecular formula is C15H27BN2O4. The fraction of sp³-hybridized carbons (Fsp3) is 0.800. The molecule has 2 aliphatic rings. The summed E-state index contributed by atoms with van der Waals surface area (Å²) in [5.41, 5.74) is 5.61. The second kappa shape index (κ2) is 5.96. The molecule has 0 aliphatic carbocycles. The largest absolute Gasteiger partial charge is 0.497 e. The van der Waals surface area contributed by atoms with Gasteiger partial charge in [-0.3, -0.25) is 4.99 Å². The van der Waals surface area contributed by atoms with E-state index >= 15 is 0 Å². The Kier molecular flexibility index (Phi) is 4.73. The van der Waals surface area contributed by atoms with Crippen LogP contribution in [-0.4, -0.2) is 49.6 Å². The molecule has 2 aliphatic heterocycles. The predicted octanol–water partition coefficient (Wildman–Crippen LogP) is 1.68. The van der Waals surface area contributed by atoms with Gasteiger partial charge < -0.3 is 24.5 Å². The average Bonchev–Trinajstić information content (AvgIpc) is 2.82. The lowest BCUT2D eigenvalue weighted by Gasteiger charge is -2.32. The predicted molar refractivity (Wildman–Crippen MR) is 86.6 cm³/mol. The molecule has 0 bridgehead atoms. The summed E-state index contributed by atoms with van der Waals surface area (Å²) in [5, 5.41) is 0. The maximum atomic E-state index is 5.96. The van der Waals surface area contributed by atoms with Gasteiger partial charge in [0.15, 0.2) is 5.79 Å². The number of ether oxygens (including phenoxy) is 2. The highest BCUT2D eigenvalue weighted by molar-refractivity contribution is 6.60. The molecule has 2 saturated heterocycles. The molecule has 1 atom stereocenters. The maximum Gasteiger partial charge on any atom is 0.497 e. The fourth-order valence-corrected chi connectivity index (χ4v) is 2.29. The highest BCUT2D eigenvalue weighted by Crippen LogP contribution is 2.38. The van der Waals surface area contributed by atoms with E-state index in [2.05, 4.69) is 4.99 Å². The minimum Gasteiger partial charge on any atom is -0.405 e. The van der Waals surface area contributed by atoms with Gasteiger partial charge in [0.1, 0.15) is 6.10 Å². The van der Waals surface area contributed by atoms with Crippen LogP contribution in [0.2, 0.25) is 0 Å². The fourth-order valence-electron chi connectivity index (χ4n) is 2.29. The maximum absolute atomic E-state index is 5.96. The first kappa shape index (κ1) is 17.5. The Morgan fingerprint density at radius 3 is 2.23 bits per heavy atom. The molecular weight excluding hydrogens is 283 g/mol. The van der Waals surface area contributed by atoms with Gasteiger partial charge in [0.05, 0.1) is 24.4 Å². The third-order valence-corrected chi connectivity index (χ3v) is 4.33. The van der Waals surface area contributed by atoms with Crippen LogP contribution in [0, 0.1) is 0 Å². The monoisotopic (exact) mass is 310 g/mol. The number of hydrogen-bond acceptors (Lipinski definition) is 6. The lowest BCUT2D eigenvalue weighted by Crippen LogP contribution is -2.41. The first-order chi connectivity index (χ1) is 10.1. The second-order valence-corrected chi connectivity index (χ2v) is 7.20. The molecule has 6 nitrogen and oxygen atoms in total. The van der Waals surface area contributed by atoms with E-state index in [0.29, 0.717) is 18.6 Å². The van der Waals surface area contributed by atoms with E-state index < -0.39 is 24.1 Å². The van der Waals surface area contributed by atoms with E-state index in [1.165, 1.54) is 6.20 Å². The van der Waals surface area contributed by atoms with Crippen LogP contribution in [0.5, 0.6) is 0 Å². The number of nitrogens with two attached hydrogens (primary N) is 1. The van der Waals surface area contributed by atoms with Gasteiger partial charge >= 0.3 is 7.12 Å². The normalized spacial score (nSPS) is 30.4. The van der Waals surface area contributed by atoms with Crippen LogP contribution >= 0.6 is 0 Å². The molecule has 124 valence electrons. The van der Waals surface area contributed by atoms with Crippen LogP contribution in [0.25, 0.3) is 0 Å². The van der Waals surface area contributed by atoms with Crippen molar-refractivity contribution in [3.8, 4) is 0 Å². The molecule has 1 unspecified atom stereocenters. The summed E-state index contributed by atoms with van der Waals surface area (Å²) in [6.07, 6.45) is 3.13. The molecule has 0 radical (unpaired) electrons. The van der Waals surface area contributed by atoms with Crippen molar-refractivity contribution in [3.63, 3.8) is 0 Å². The smallest absolute Gasteiger partial charge is 0.405 e. The van der Waals surface area contributed by atoms with Gasteiger partial charge in [-0.2, -0.15) is 0 Å². The highest BCUT2D eigenvalue weighted by atomic mass is 16.7. The molecule has 0 aromatic rings. The Morgan fingerprint density at radius 1 is 1.18 bits per heavy atom. The van der Waals surface area contributed by atoms with Gasteiger partial charge in [0, 0.05) is 11.7 Å². The van der Waals surface area contributed by atoms with E-state index in [-0.39, 0.29) is 6.10 Å². The average molecular weight is 310 g/mol. The van der Waals surface area contributed by atoms with E-state index in [1.54, 1.807) is 6.21 Å². The topological polar surface area (TPSA) is 75.3 Å². The third-order valence-electron chi connectivity index (χ3n) is 4.33. The van der Waals surface area contributed by atoms with Gasteiger partial charge in [0.2, 0.25) is 0 Å². The van der Waals surface area contributed by atoms with Gasteiger partial charge in [-0.1, -0.05) is 0 Å². The quantitative estimate of drug-likeness (QED) is 0.631. The minimum absolute atomic E-state index is 0.0384. The molecule has 0 aromatic carbocycles. The Hall–Kier alpha value is -0.885. The summed E-state index contributed by atoms with van der Waals surface area (Å²) >= 11 is 0. The molecule has 2 rings (SSSR count). The molecule has 2 fully saturated rings. The van der Waals surface area contributed by atoms with Gasteiger partial charge in [-0.15, -0.1) is 0 Å². The number of allylic oxidation sites excluding steroid dienone is 1. The SMILES string of the molecule is CC1(C)OCC(CN=CC(=CN)B2OC(C)(C)C(C)(C)O2)O1. The second-order valence-electron chi connectivity index (χ2n) is 7.20. The third kappa shape index (κ3) is 3.71. The van der Waals surface area contributed by atoms with Crippen molar-refractivity contribution in [1.29, 1.82) is 0 Å². The number of rotatable bonds is 4. The molecule has 0 aromatic heterocycles. The van der Waals surface area contributed by atoms with Gasteiger partial charge in [-0.05, 0) is 47.7 Å². The zero-order chi connectivity index (χ0) is 16.6. The summed E-state index contributed by atoms with van der Waals surface area (Å²) in [7, 11) is -0.504. The van der Waals surface area contributed by atoms with Gasteiger partial charge in [0.25, 0.3) is 0 Å². The first-order valence-corrected chi connectivity index (χ1v) is 7.65. The van der Waals surface area contributed by atoms with E-state index in [9.17, 15) is 0 Å². The summed E-state index contributed by atoms with van der Waals surface area (Å²) in [6, 6.07) is 0. The van der Waals surface area contributed by atoms with Crippen molar-refractivity contribution in [2.45, 2.75) is 64.6 Å². The Labute approximate surface area is 133 Å². The van der Waals surface area contributed by atoms with Crippen molar-refractivity contribution >= 4 is 13.3 Å². The molecule has 7 heteroatoms. The highest BCUT2D eigenvalue weighted by Gasteiger charge is 2.52. The zero-order valence-corrected chi connectivity index (χ0v) is 14.4. The van der Waals surface area contributed by atoms with Crippen molar-refractivity contribution in [1.82, 2.24) is 0 Å². The first-order valence-electron chi connectivity index (χ1n) is 7.65. The van der Waals surface area contributed by atoms with Crippen LogP contribution < -0.4 is 5.73 Å². The number of hydrogen-bond donors (Lipinski definition) is 1. The van der Waals surface area contributed by atoms with Crippen LogP contribution in [-0.2, 0) is 18.8 Å². The van der Waals surface area contributed by atoms with Crippen LogP contribution in [0.3, 0.4) is 0 Å².